The van der Waals surface area contributed by atoms with E-state index < -0.39 is 0 Å². The Kier molecular flexibility index (Phi) is 2.46. The van der Waals surface area contributed by atoms with Gasteiger partial charge < -0.3 is 10.4 Å². The molecule has 16 heavy (non-hydrogen) atoms. The van der Waals surface area contributed by atoms with Crippen LogP contribution < -0.4 is 5.32 Å². The molecule has 3 fully saturated rings. The van der Waals surface area contributed by atoms with Gasteiger partial charge in [0.05, 0.1) is 12.1 Å². The van der Waals surface area contributed by atoms with Crippen LogP contribution >= 0.6 is 0 Å². The molecule has 2 N–H and O–H groups in total. The molecule has 0 heterocycles. The van der Waals surface area contributed by atoms with Crippen LogP contribution in [-0.2, 0) is 4.79 Å². The summed E-state index contributed by atoms with van der Waals surface area (Å²) >= 11 is 0. The highest BCUT2D eigenvalue weighted by Crippen LogP contribution is 2.48. The first-order chi connectivity index (χ1) is 7.72. The zero-order valence-corrected chi connectivity index (χ0v) is 9.74. The molecular formula is C13H21NO2. The number of aliphatic hydroxyl groups is 1. The molecule has 3 saturated carbocycles. The van der Waals surface area contributed by atoms with E-state index in [1.807, 2.05) is 0 Å². The highest BCUT2D eigenvalue weighted by Gasteiger charge is 2.46. The zero-order chi connectivity index (χ0) is 11.2. The van der Waals surface area contributed by atoms with E-state index >= 15 is 0 Å². The minimum absolute atomic E-state index is 0.111. The van der Waals surface area contributed by atoms with Crippen LogP contribution in [0.15, 0.2) is 0 Å². The SMILES string of the molecule is O=C(NC1(CO)CCC1)C1CC2CCC1C2. The lowest BCUT2D eigenvalue weighted by Crippen LogP contribution is -2.57. The molecule has 1 amide bonds. The second-order valence-electron chi connectivity index (χ2n) is 6.06. The minimum Gasteiger partial charge on any atom is -0.394 e. The van der Waals surface area contributed by atoms with Gasteiger partial charge in [0.2, 0.25) is 5.91 Å². The summed E-state index contributed by atoms with van der Waals surface area (Å²) in [5.41, 5.74) is -0.251. The lowest BCUT2D eigenvalue weighted by atomic mass is 9.76. The van der Waals surface area contributed by atoms with E-state index in [4.69, 9.17) is 0 Å². The third kappa shape index (κ3) is 1.56. The molecule has 3 aliphatic rings. The van der Waals surface area contributed by atoms with Gasteiger partial charge in [-0.2, -0.15) is 0 Å². The lowest BCUT2D eigenvalue weighted by Gasteiger charge is -2.42. The van der Waals surface area contributed by atoms with Gasteiger partial charge in [-0.25, -0.2) is 0 Å². The first-order valence-electron chi connectivity index (χ1n) is 6.65. The molecule has 0 aromatic rings. The highest BCUT2D eigenvalue weighted by atomic mass is 16.3. The molecule has 3 heteroatoms. The van der Waals surface area contributed by atoms with Crippen molar-refractivity contribution < 1.29 is 9.90 Å². The molecule has 3 rings (SSSR count). The summed E-state index contributed by atoms with van der Waals surface area (Å²) in [5.74, 6) is 1.93. The third-order valence-corrected chi connectivity index (χ3v) is 5.08. The molecule has 3 aliphatic carbocycles. The zero-order valence-electron chi connectivity index (χ0n) is 9.74. The smallest absolute Gasteiger partial charge is 0.223 e. The number of carbonyl (C=O) groups excluding carboxylic acids is 1. The maximum absolute atomic E-state index is 12.2. The maximum atomic E-state index is 12.2. The fraction of sp³-hybridized carbons (Fsp3) is 0.923. The Balaban J connectivity index is 1.61. The predicted octanol–water partition coefficient (Wildman–Crippen LogP) is 1.45. The number of amides is 1. The molecule has 0 saturated heterocycles. The summed E-state index contributed by atoms with van der Waals surface area (Å²) in [5, 5.41) is 12.5. The van der Waals surface area contributed by atoms with Gasteiger partial charge in [0.15, 0.2) is 0 Å². The second-order valence-corrected chi connectivity index (χ2v) is 6.06. The van der Waals surface area contributed by atoms with Crippen LogP contribution in [0.5, 0.6) is 0 Å². The Morgan fingerprint density at radius 1 is 1.31 bits per heavy atom. The topological polar surface area (TPSA) is 49.3 Å². The average Bonchev–Trinajstić information content (AvgIpc) is 2.84. The van der Waals surface area contributed by atoms with Crippen molar-refractivity contribution in [1.82, 2.24) is 5.32 Å². The molecule has 0 aromatic carbocycles. The van der Waals surface area contributed by atoms with Crippen LogP contribution in [0.25, 0.3) is 0 Å². The summed E-state index contributed by atoms with van der Waals surface area (Å²) in [6.07, 6.45) is 7.99. The molecule has 90 valence electrons. The van der Waals surface area contributed by atoms with Crippen molar-refractivity contribution in [2.45, 2.75) is 50.5 Å². The van der Waals surface area contributed by atoms with E-state index in [9.17, 15) is 9.90 Å². The Labute approximate surface area is 96.6 Å². The van der Waals surface area contributed by atoms with Gasteiger partial charge in [-0.15, -0.1) is 0 Å². The number of fused-ring (bicyclic) bond motifs is 2. The number of hydrogen-bond acceptors (Lipinski definition) is 2. The first-order valence-corrected chi connectivity index (χ1v) is 6.65. The number of rotatable bonds is 3. The Bertz CT molecular complexity index is 293. The van der Waals surface area contributed by atoms with Crippen molar-refractivity contribution in [3.8, 4) is 0 Å². The standard InChI is InChI=1S/C13H21NO2/c15-8-13(4-1-5-13)14-12(16)11-7-9-2-3-10(11)6-9/h9-11,15H,1-8H2,(H,14,16). The normalized spacial score (nSPS) is 39.4. The van der Waals surface area contributed by atoms with Gasteiger partial charge in [-0.05, 0) is 50.4 Å². The highest BCUT2D eigenvalue weighted by molar-refractivity contribution is 5.80. The van der Waals surface area contributed by atoms with Gasteiger partial charge in [-0.3, -0.25) is 4.79 Å². The minimum atomic E-state index is -0.251. The molecule has 0 radical (unpaired) electrons. The molecule has 0 aliphatic heterocycles. The van der Waals surface area contributed by atoms with E-state index in [1.165, 1.54) is 19.3 Å². The quantitative estimate of drug-likeness (QED) is 0.761. The van der Waals surface area contributed by atoms with E-state index in [2.05, 4.69) is 5.32 Å². The number of hydrogen-bond donors (Lipinski definition) is 2. The van der Waals surface area contributed by atoms with Crippen LogP contribution in [0.2, 0.25) is 0 Å². The van der Waals surface area contributed by atoms with E-state index in [0.29, 0.717) is 5.92 Å². The van der Waals surface area contributed by atoms with Crippen LogP contribution in [0.1, 0.15) is 44.9 Å². The summed E-state index contributed by atoms with van der Waals surface area (Å²) in [6.45, 7) is 0.111. The molecule has 0 aromatic heterocycles. The van der Waals surface area contributed by atoms with E-state index in [1.54, 1.807) is 0 Å². The van der Waals surface area contributed by atoms with Crippen LogP contribution in [0.3, 0.4) is 0 Å². The molecule has 2 bridgehead atoms. The molecule has 0 spiro atoms. The largest absolute Gasteiger partial charge is 0.394 e. The second kappa shape index (κ2) is 3.73. The van der Waals surface area contributed by atoms with Crippen LogP contribution in [0.4, 0.5) is 0 Å². The molecule has 3 atom stereocenters. The van der Waals surface area contributed by atoms with Gasteiger partial charge in [0.1, 0.15) is 0 Å². The lowest BCUT2D eigenvalue weighted by molar-refractivity contribution is -0.130. The summed E-state index contributed by atoms with van der Waals surface area (Å²) in [7, 11) is 0. The van der Waals surface area contributed by atoms with Crippen molar-refractivity contribution in [1.29, 1.82) is 0 Å². The summed E-state index contributed by atoms with van der Waals surface area (Å²) < 4.78 is 0. The fourth-order valence-electron chi connectivity index (χ4n) is 3.85. The van der Waals surface area contributed by atoms with Crippen molar-refractivity contribution in [2.75, 3.05) is 6.61 Å². The number of aliphatic hydroxyl groups excluding tert-OH is 1. The van der Waals surface area contributed by atoms with Crippen molar-refractivity contribution in [2.24, 2.45) is 17.8 Å². The summed E-state index contributed by atoms with van der Waals surface area (Å²) in [4.78, 5) is 12.2. The van der Waals surface area contributed by atoms with Crippen molar-refractivity contribution in [3.05, 3.63) is 0 Å². The predicted molar refractivity (Wildman–Crippen MR) is 60.7 cm³/mol. The van der Waals surface area contributed by atoms with Crippen molar-refractivity contribution >= 4 is 5.91 Å². The van der Waals surface area contributed by atoms with E-state index in [0.717, 1.165) is 31.6 Å². The maximum Gasteiger partial charge on any atom is 0.223 e. The fourth-order valence-corrected chi connectivity index (χ4v) is 3.85. The average molecular weight is 223 g/mol. The van der Waals surface area contributed by atoms with Crippen molar-refractivity contribution in [3.63, 3.8) is 0 Å². The van der Waals surface area contributed by atoms with Crippen LogP contribution in [0, 0.1) is 17.8 Å². The molecule has 3 nitrogen and oxygen atoms in total. The Hall–Kier alpha value is -0.570. The van der Waals surface area contributed by atoms with Gasteiger partial charge >= 0.3 is 0 Å². The van der Waals surface area contributed by atoms with Gasteiger partial charge in [0.25, 0.3) is 0 Å². The number of nitrogens with one attached hydrogen (secondary N) is 1. The number of carbonyl (C=O) groups is 1. The van der Waals surface area contributed by atoms with Gasteiger partial charge in [-0.1, -0.05) is 6.42 Å². The van der Waals surface area contributed by atoms with Crippen LogP contribution in [-0.4, -0.2) is 23.2 Å². The monoisotopic (exact) mass is 223 g/mol. The summed E-state index contributed by atoms with van der Waals surface area (Å²) in [6, 6.07) is 0. The third-order valence-electron chi connectivity index (χ3n) is 5.08. The first kappa shape index (κ1) is 10.6. The van der Waals surface area contributed by atoms with E-state index in [-0.39, 0.29) is 24.0 Å². The molecular weight excluding hydrogens is 202 g/mol. The Morgan fingerprint density at radius 2 is 2.12 bits per heavy atom. The Morgan fingerprint density at radius 3 is 2.56 bits per heavy atom. The molecule has 3 unspecified atom stereocenters. The van der Waals surface area contributed by atoms with Gasteiger partial charge in [0, 0.05) is 5.92 Å².